The van der Waals surface area contributed by atoms with Crippen LogP contribution in [0, 0.1) is 6.92 Å². The van der Waals surface area contributed by atoms with Gasteiger partial charge in [-0.15, -0.1) is 0 Å². The first-order chi connectivity index (χ1) is 7.67. The van der Waals surface area contributed by atoms with Gasteiger partial charge < -0.3 is 5.11 Å². The van der Waals surface area contributed by atoms with Crippen LogP contribution < -0.4 is 0 Å². The number of aromatic nitrogens is 3. The van der Waals surface area contributed by atoms with Gasteiger partial charge in [0.05, 0.1) is 0 Å². The Balaban J connectivity index is 2.66. The van der Waals surface area contributed by atoms with Crippen molar-refractivity contribution in [3.05, 3.63) is 17.8 Å². The Bertz CT molecular complexity index is 500. The van der Waals surface area contributed by atoms with E-state index in [4.69, 9.17) is 0 Å². The first kappa shape index (κ1) is 10.9. The largest absolute Gasteiger partial charge is 0.480 e. The summed E-state index contributed by atoms with van der Waals surface area (Å²) in [6, 6.07) is 4.14. The number of nitrogens with zero attached hydrogens (tertiary/aromatic N) is 3. The molecule has 0 saturated carbocycles. The van der Waals surface area contributed by atoms with Gasteiger partial charge in [0.2, 0.25) is 0 Å². The van der Waals surface area contributed by atoms with Crippen LogP contribution in [-0.2, 0) is 0 Å². The third-order valence-corrected chi connectivity index (χ3v) is 2.97. The molecule has 0 spiro atoms. The monoisotopic (exact) mass is 219 g/mol. The fraction of sp³-hybridized carbons (Fsp3) is 0.500. The standard InChI is InChI=1S/C12H17N3O/c1-4-9(5-2)15-11-10(14-12(15)16)7-6-8(3)13-11/h6-7,9H,4-5H2,1-3H3,(H,14,16). The van der Waals surface area contributed by atoms with E-state index in [1.54, 1.807) is 0 Å². The number of pyridine rings is 1. The Hall–Kier alpha value is -1.58. The average molecular weight is 219 g/mol. The van der Waals surface area contributed by atoms with Crippen molar-refractivity contribution in [2.45, 2.75) is 39.7 Å². The molecule has 4 heteroatoms. The van der Waals surface area contributed by atoms with Gasteiger partial charge in [-0.05, 0) is 31.9 Å². The van der Waals surface area contributed by atoms with Gasteiger partial charge in [-0.1, -0.05) is 13.8 Å². The fourth-order valence-electron chi connectivity index (χ4n) is 2.05. The Labute approximate surface area is 95.0 Å². The summed E-state index contributed by atoms with van der Waals surface area (Å²) in [5.74, 6) is 0. The maximum Gasteiger partial charge on any atom is 0.296 e. The molecule has 2 aromatic heterocycles. The molecule has 0 aliphatic rings. The van der Waals surface area contributed by atoms with Crippen molar-refractivity contribution in [3.8, 4) is 6.01 Å². The molecule has 2 heterocycles. The van der Waals surface area contributed by atoms with Crippen LogP contribution in [0.4, 0.5) is 0 Å². The van der Waals surface area contributed by atoms with E-state index < -0.39 is 0 Å². The molecule has 2 rings (SSSR count). The minimum Gasteiger partial charge on any atom is -0.480 e. The van der Waals surface area contributed by atoms with Crippen molar-refractivity contribution >= 4 is 11.2 Å². The smallest absolute Gasteiger partial charge is 0.296 e. The van der Waals surface area contributed by atoms with E-state index in [0.717, 1.165) is 29.7 Å². The van der Waals surface area contributed by atoms with Crippen LogP contribution in [0.1, 0.15) is 38.4 Å². The summed E-state index contributed by atoms with van der Waals surface area (Å²) in [6.45, 7) is 6.16. The highest BCUT2D eigenvalue weighted by Crippen LogP contribution is 2.27. The number of aryl methyl sites for hydroxylation is 1. The molecular weight excluding hydrogens is 202 g/mol. The maximum atomic E-state index is 9.87. The first-order valence-electron chi connectivity index (χ1n) is 5.71. The highest BCUT2D eigenvalue weighted by Gasteiger charge is 2.17. The van der Waals surface area contributed by atoms with E-state index in [9.17, 15) is 5.11 Å². The molecule has 0 unspecified atom stereocenters. The number of hydrogen-bond donors (Lipinski definition) is 1. The molecule has 0 amide bonds. The number of hydrogen-bond acceptors (Lipinski definition) is 3. The maximum absolute atomic E-state index is 9.87. The number of imidazole rings is 1. The Morgan fingerprint density at radius 1 is 1.25 bits per heavy atom. The normalized spacial score (nSPS) is 11.5. The molecule has 0 aromatic carbocycles. The lowest BCUT2D eigenvalue weighted by atomic mass is 10.2. The molecule has 2 aromatic rings. The highest BCUT2D eigenvalue weighted by atomic mass is 16.3. The summed E-state index contributed by atoms with van der Waals surface area (Å²) < 4.78 is 1.84. The minimum atomic E-state index is 0.0711. The zero-order valence-electron chi connectivity index (χ0n) is 9.94. The second kappa shape index (κ2) is 4.12. The summed E-state index contributed by atoms with van der Waals surface area (Å²) in [6.07, 6.45) is 1.93. The van der Waals surface area contributed by atoms with E-state index in [2.05, 4.69) is 23.8 Å². The Kier molecular flexibility index (Phi) is 2.81. The quantitative estimate of drug-likeness (QED) is 0.863. The molecule has 0 saturated heterocycles. The van der Waals surface area contributed by atoms with Gasteiger partial charge in [-0.25, -0.2) is 4.98 Å². The second-order valence-corrected chi connectivity index (χ2v) is 4.05. The van der Waals surface area contributed by atoms with Crippen LogP contribution in [0.2, 0.25) is 0 Å². The van der Waals surface area contributed by atoms with Crippen molar-refractivity contribution in [1.29, 1.82) is 0 Å². The lowest BCUT2D eigenvalue weighted by Crippen LogP contribution is -2.07. The third-order valence-electron chi connectivity index (χ3n) is 2.97. The highest BCUT2D eigenvalue weighted by molar-refractivity contribution is 5.72. The topological polar surface area (TPSA) is 50.9 Å². The van der Waals surface area contributed by atoms with Gasteiger partial charge in [-0.2, -0.15) is 4.98 Å². The molecule has 0 atom stereocenters. The SMILES string of the molecule is CCC(CC)n1c(O)nc2ccc(C)nc21. The minimum absolute atomic E-state index is 0.0711. The van der Waals surface area contributed by atoms with Crippen molar-refractivity contribution < 1.29 is 5.11 Å². The predicted molar refractivity (Wildman–Crippen MR) is 63.5 cm³/mol. The average Bonchev–Trinajstić information content (AvgIpc) is 2.58. The predicted octanol–water partition coefficient (Wildman–Crippen LogP) is 2.81. The summed E-state index contributed by atoms with van der Waals surface area (Å²) in [5.41, 5.74) is 2.49. The van der Waals surface area contributed by atoms with E-state index in [0.29, 0.717) is 0 Å². The lowest BCUT2D eigenvalue weighted by Gasteiger charge is -2.15. The summed E-state index contributed by atoms with van der Waals surface area (Å²) >= 11 is 0. The Morgan fingerprint density at radius 2 is 1.94 bits per heavy atom. The fourth-order valence-corrected chi connectivity index (χ4v) is 2.05. The molecule has 1 N–H and O–H groups in total. The second-order valence-electron chi connectivity index (χ2n) is 4.05. The van der Waals surface area contributed by atoms with Crippen molar-refractivity contribution in [1.82, 2.24) is 14.5 Å². The number of rotatable bonds is 3. The molecular formula is C12H17N3O. The van der Waals surface area contributed by atoms with Crippen molar-refractivity contribution in [3.63, 3.8) is 0 Å². The van der Waals surface area contributed by atoms with Crippen LogP contribution >= 0.6 is 0 Å². The van der Waals surface area contributed by atoms with Crippen LogP contribution in [0.15, 0.2) is 12.1 Å². The number of fused-ring (bicyclic) bond motifs is 1. The summed E-state index contributed by atoms with van der Waals surface area (Å²) in [7, 11) is 0. The molecule has 0 fully saturated rings. The molecule has 16 heavy (non-hydrogen) atoms. The van der Waals surface area contributed by atoms with Gasteiger partial charge in [0.1, 0.15) is 5.52 Å². The van der Waals surface area contributed by atoms with E-state index in [-0.39, 0.29) is 12.1 Å². The lowest BCUT2D eigenvalue weighted by molar-refractivity contribution is 0.360. The summed E-state index contributed by atoms with van der Waals surface area (Å²) in [4.78, 5) is 8.58. The molecule has 0 bridgehead atoms. The van der Waals surface area contributed by atoms with Gasteiger partial charge >= 0.3 is 0 Å². The molecule has 4 nitrogen and oxygen atoms in total. The van der Waals surface area contributed by atoms with Crippen molar-refractivity contribution in [2.75, 3.05) is 0 Å². The first-order valence-corrected chi connectivity index (χ1v) is 5.71. The van der Waals surface area contributed by atoms with Gasteiger partial charge in [0.15, 0.2) is 5.65 Å². The zero-order valence-corrected chi connectivity index (χ0v) is 9.94. The van der Waals surface area contributed by atoms with Crippen LogP contribution in [0.3, 0.4) is 0 Å². The van der Waals surface area contributed by atoms with Crippen molar-refractivity contribution in [2.24, 2.45) is 0 Å². The van der Waals surface area contributed by atoms with E-state index in [1.165, 1.54) is 0 Å². The van der Waals surface area contributed by atoms with Gasteiger partial charge in [0.25, 0.3) is 6.01 Å². The molecule has 86 valence electrons. The van der Waals surface area contributed by atoms with Crippen LogP contribution in [0.5, 0.6) is 6.01 Å². The zero-order chi connectivity index (χ0) is 11.7. The summed E-state index contributed by atoms with van der Waals surface area (Å²) in [5, 5.41) is 9.87. The van der Waals surface area contributed by atoms with Gasteiger partial charge in [-0.3, -0.25) is 4.57 Å². The number of aromatic hydroxyl groups is 1. The van der Waals surface area contributed by atoms with Gasteiger partial charge in [0, 0.05) is 11.7 Å². The molecule has 0 aliphatic carbocycles. The van der Waals surface area contributed by atoms with Crippen LogP contribution in [0.25, 0.3) is 11.2 Å². The molecule has 0 aliphatic heterocycles. The third kappa shape index (κ3) is 1.64. The van der Waals surface area contributed by atoms with Crippen LogP contribution in [-0.4, -0.2) is 19.6 Å². The van der Waals surface area contributed by atoms with E-state index >= 15 is 0 Å². The Morgan fingerprint density at radius 3 is 2.56 bits per heavy atom. The molecule has 0 radical (unpaired) electrons. The van der Waals surface area contributed by atoms with E-state index in [1.807, 2.05) is 23.6 Å².